The highest BCUT2D eigenvalue weighted by atomic mass is 19.1. The summed E-state index contributed by atoms with van der Waals surface area (Å²) in [5.74, 6) is -0.0220. The summed E-state index contributed by atoms with van der Waals surface area (Å²) in [6, 6.07) is 18.3. The Kier molecular flexibility index (Phi) is 4.54. The van der Waals surface area contributed by atoms with Gasteiger partial charge in [-0.05, 0) is 43.2 Å². The molecule has 1 aromatic heterocycles. The van der Waals surface area contributed by atoms with E-state index >= 15 is 0 Å². The van der Waals surface area contributed by atoms with Crippen molar-refractivity contribution in [3.05, 3.63) is 83.3 Å². The molecule has 27 heavy (non-hydrogen) atoms. The summed E-state index contributed by atoms with van der Waals surface area (Å²) in [5, 5.41) is 11.0. The molecule has 0 radical (unpaired) electrons. The average Bonchev–Trinajstić information content (AvgIpc) is 3.03. The maximum atomic E-state index is 13.6. The number of aromatic nitrogens is 2. The SMILES string of the molecule is CC1Cc2ccccc2N1c1ccc(C(=O)NCc2ccccc2F)nn1. The molecule has 1 aliphatic rings. The Hall–Kier alpha value is -3.28. The largest absolute Gasteiger partial charge is 0.346 e. The Morgan fingerprint density at radius 3 is 2.67 bits per heavy atom. The summed E-state index contributed by atoms with van der Waals surface area (Å²) >= 11 is 0. The van der Waals surface area contributed by atoms with Crippen molar-refractivity contribution in [1.29, 1.82) is 0 Å². The lowest BCUT2D eigenvalue weighted by Gasteiger charge is -2.23. The van der Waals surface area contributed by atoms with E-state index in [1.54, 1.807) is 30.3 Å². The molecule has 1 amide bonds. The van der Waals surface area contributed by atoms with Crippen LogP contribution < -0.4 is 10.2 Å². The fourth-order valence-corrected chi connectivity index (χ4v) is 3.40. The van der Waals surface area contributed by atoms with Crippen molar-refractivity contribution in [2.24, 2.45) is 0 Å². The van der Waals surface area contributed by atoms with Gasteiger partial charge in [-0.25, -0.2) is 4.39 Å². The third kappa shape index (κ3) is 3.38. The molecule has 2 aromatic carbocycles. The van der Waals surface area contributed by atoms with Crippen molar-refractivity contribution < 1.29 is 9.18 Å². The summed E-state index contributed by atoms with van der Waals surface area (Å²) in [6.07, 6.45) is 0.947. The standard InChI is InChI=1S/C21H19FN4O/c1-14-12-15-6-3-5-9-19(15)26(14)20-11-10-18(24-25-20)21(27)23-13-16-7-2-4-8-17(16)22/h2-11,14H,12-13H2,1H3,(H,23,27). The Morgan fingerprint density at radius 2 is 1.89 bits per heavy atom. The molecule has 1 N–H and O–H groups in total. The fourth-order valence-electron chi connectivity index (χ4n) is 3.40. The second kappa shape index (κ2) is 7.15. The van der Waals surface area contributed by atoms with Crippen molar-refractivity contribution in [2.45, 2.75) is 25.9 Å². The molecule has 1 atom stereocenters. The monoisotopic (exact) mass is 362 g/mol. The van der Waals surface area contributed by atoms with E-state index in [2.05, 4.69) is 39.5 Å². The highest BCUT2D eigenvalue weighted by Gasteiger charge is 2.28. The van der Waals surface area contributed by atoms with E-state index in [4.69, 9.17) is 0 Å². The lowest BCUT2D eigenvalue weighted by Crippen LogP contribution is -2.27. The number of halogens is 1. The summed E-state index contributed by atoms with van der Waals surface area (Å²) in [5.41, 5.74) is 3.03. The van der Waals surface area contributed by atoms with Crippen molar-refractivity contribution >= 4 is 17.4 Å². The number of benzene rings is 2. The summed E-state index contributed by atoms with van der Waals surface area (Å²) in [7, 11) is 0. The molecule has 4 rings (SSSR count). The van der Waals surface area contributed by atoms with Crippen molar-refractivity contribution in [3.63, 3.8) is 0 Å². The minimum atomic E-state index is -0.382. The van der Waals surface area contributed by atoms with E-state index in [0.717, 1.165) is 12.1 Å². The van der Waals surface area contributed by atoms with Gasteiger partial charge >= 0.3 is 0 Å². The first-order valence-corrected chi connectivity index (χ1v) is 8.86. The van der Waals surface area contributed by atoms with Crippen LogP contribution in [0, 0.1) is 5.82 Å². The lowest BCUT2D eigenvalue weighted by atomic mass is 10.1. The van der Waals surface area contributed by atoms with Crippen LogP contribution in [0.2, 0.25) is 0 Å². The predicted octanol–water partition coefficient (Wildman–Crippen LogP) is 3.63. The van der Waals surface area contributed by atoms with E-state index in [-0.39, 0.29) is 30.0 Å². The van der Waals surface area contributed by atoms with Crippen LogP contribution in [0.3, 0.4) is 0 Å². The van der Waals surface area contributed by atoms with Crippen LogP contribution in [0.5, 0.6) is 0 Å². The van der Waals surface area contributed by atoms with Crippen LogP contribution >= 0.6 is 0 Å². The number of para-hydroxylation sites is 1. The number of hydrogen-bond donors (Lipinski definition) is 1. The van der Waals surface area contributed by atoms with Crippen LogP contribution in [-0.4, -0.2) is 22.1 Å². The summed E-state index contributed by atoms with van der Waals surface area (Å²) in [4.78, 5) is 14.4. The van der Waals surface area contributed by atoms with Crippen LogP contribution in [0.4, 0.5) is 15.9 Å². The molecular weight excluding hydrogens is 343 g/mol. The van der Waals surface area contributed by atoms with Gasteiger partial charge in [-0.3, -0.25) is 4.79 Å². The van der Waals surface area contributed by atoms with Gasteiger partial charge in [0, 0.05) is 23.8 Å². The van der Waals surface area contributed by atoms with Gasteiger partial charge in [0.15, 0.2) is 11.5 Å². The maximum Gasteiger partial charge on any atom is 0.272 e. The van der Waals surface area contributed by atoms with Gasteiger partial charge in [0.25, 0.3) is 5.91 Å². The van der Waals surface area contributed by atoms with E-state index < -0.39 is 0 Å². The zero-order valence-electron chi connectivity index (χ0n) is 14.9. The molecule has 2 heterocycles. The zero-order valence-corrected chi connectivity index (χ0v) is 14.9. The van der Waals surface area contributed by atoms with Gasteiger partial charge in [-0.1, -0.05) is 36.4 Å². The Bertz CT molecular complexity index is 974. The van der Waals surface area contributed by atoms with E-state index in [9.17, 15) is 9.18 Å². The third-order valence-corrected chi connectivity index (χ3v) is 4.73. The molecule has 0 saturated carbocycles. The highest BCUT2D eigenvalue weighted by Crippen LogP contribution is 2.36. The quantitative estimate of drug-likeness (QED) is 0.770. The smallest absolute Gasteiger partial charge is 0.272 e. The minimum absolute atomic E-state index is 0.103. The van der Waals surface area contributed by atoms with E-state index in [0.29, 0.717) is 11.4 Å². The van der Waals surface area contributed by atoms with E-state index in [1.165, 1.54) is 11.6 Å². The summed E-state index contributed by atoms with van der Waals surface area (Å²) < 4.78 is 13.6. The molecule has 1 unspecified atom stereocenters. The number of nitrogens with one attached hydrogen (secondary N) is 1. The van der Waals surface area contributed by atoms with Crippen molar-refractivity contribution in [1.82, 2.24) is 15.5 Å². The summed E-state index contributed by atoms with van der Waals surface area (Å²) in [6.45, 7) is 2.24. The van der Waals surface area contributed by atoms with Gasteiger partial charge in [-0.15, -0.1) is 10.2 Å². The number of anilines is 2. The average molecular weight is 362 g/mol. The zero-order chi connectivity index (χ0) is 18.8. The van der Waals surface area contributed by atoms with Gasteiger partial charge in [0.05, 0.1) is 0 Å². The van der Waals surface area contributed by atoms with Gasteiger partial charge < -0.3 is 10.2 Å². The van der Waals surface area contributed by atoms with Gasteiger partial charge in [0.1, 0.15) is 5.82 Å². The molecule has 0 spiro atoms. The van der Waals surface area contributed by atoms with Crippen molar-refractivity contribution in [3.8, 4) is 0 Å². The number of nitrogens with zero attached hydrogens (tertiary/aromatic N) is 3. The molecule has 0 aliphatic carbocycles. The molecule has 5 nitrogen and oxygen atoms in total. The topological polar surface area (TPSA) is 58.1 Å². The van der Waals surface area contributed by atoms with Crippen molar-refractivity contribution in [2.75, 3.05) is 4.90 Å². The first-order valence-electron chi connectivity index (χ1n) is 8.86. The molecular formula is C21H19FN4O. The number of amides is 1. The molecule has 136 valence electrons. The predicted molar refractivity (Wildman–Crippen MR) is 101 cm³/mol. The lowest BCUT2D eigenvalue weighted by molar-refractivity contribution is 0.0944. The minimum Gasteiger partial charge on any atom is -0.346 e. The normalized spacial score (nSPS) is 15.5. The molecule has 0 bridgehead atoms. The highest BCUT2D eigenvalue weighted by molar-refractivity contribution is 5.92. The van der Waals surface area contributed by atoms with E-state index in [1.807, 2.05) is 12.1 Å². The van der Waals surface area contributed by atoms with Crippen LogP contribution in [0.25, 0.3) is 0 Å². The van der Waals surface area contributed by atoms with Crippen LogP contribution in [0.1, 0.15) is 28.5 Å². The second-order valence-corrected chi connectivity index (χ2v) is 6.60. The fraction of sp³-hybridized carbons (Fsp3) is 0.190. The van der Waals surface area contributed by atoms with Gasteiger partial charge in [0.2, 0.25) is 0 Å². The number of carbonyl (C=O) groups is 1. The third-order valence-electron chi connectivity index (χ3n) is 4.73. The van der Waals surface area contributed by atoms with Crippen LogP contribution in [0.15, 0.2) is 60.7 Å². The Morgan fingerprint density at radius 1 is 1.11 bits per heavy atom. The Labute approximate surface area is 156 Å². The number of carbonyl (C=O) groups excluding carboxylic acids is 1. The second-order valence-electron chi connectivity index (χ2n) is 6.60. The maximum absolute atomic E-state index is 13.6. The number of fused-ring (bicyclic) bond motifs is 1. The molecule has 3 aromatic rings. The Balaban J connectivity index is 1.48. The molecule has 0 fully saturated rings. The number of hydrogen-bond acceptors (Lipinski definition) is 4. The number of rotatable bonds is 4. The molecule has 1 aliphatic heterocycles. The molecule has 6 heteroatoms. The molecule has 0 saturated heterocycles. The van der Waals surface area contributed by atoms with Crippen LogP contribution in [-0.2, 0) is 13.0 Å². The van der Waals surface area contributed by atoms with Gasteiger partial charge in [-0.2, -0.15) is 0 Å². The first-order chi connectivity index (χ1) is 13.1. The first kappa shape index (κ1) is 17.1.